The molecule has 0 aliphatic rings. The van der Waals surface area contributed by atoms with Gasteiger partial charge in [-0.25, -0.2) is 0 Å². The number of likely N-dealkylation sites (N-methyl/N-ethyl adjacent to an activating group) is 1. The summed E-state index contributed by atoms with van der Waals surface area (Å²) in [5.74, 6) is 0. The molecule has 18 heavy (non-hydrogen) atoms. The normalized spacial score (nSPS) is 14.0. The Balaban J connectivity index is 2.95. The van der Waals surface area contributed by atoms with Crippen LogP contribution in [0.3, 0.4) is 0 Å². The summed E-state index contributed by atoms with van der Waals surface area (Å²) in [6.45, 7) is 12.8. The standard InChI is InChI=1S/C16H28N2/c1-12-7-8-14(13(2)9-12)15(10-17)18(6)11-16(3,4)5/h7-9,15H,10-11,17H2,1-6H3. The van der Waals surface area contributed by atoms with E-state index in [0.717, 1.165) is 6.54 Å². The fraction of sp³-hybridized carbons (Fsp3) is 0.625. The maximum Gasteiger partial charge on any atom is 0.0470 e. The highest BCUT2D eigenvalue weighted by molar-refractivity contribution is 5.33. The van der Waals surface area contributed by atoms with Gasteiger partial charge in [-0.05, 0) is 37.4 Å². The zero-order valence-electron chi connectivity index (χ0n) is 12.7. The van der Waals surface area contributed by atoms with Crippen molar-refractivity contribution in [1.29, 1.82) is 0 Å². The van der Waals surface area contributed by atoms with E-state index in [2.05, 4.69) is 64.8 Å². The predicted molar refractivity (Wildman–Crippen MR) is 79.8 cm³/mol. The van der Waals surface area contributed by atoms with E-state index in [1.165, 1.54) is 16.7 Å². The fourth-order valence-corrected chi connectivity index (χ4v) is 2.60. The zero-order valence-corrected chi connectivity index (χ0v) is 12.7. The maximum atomic E-state index is 5.99. The van der Waals surface area contributed by atoms with Crippen molar-refractivity contribution in [2.45, 2.75) is 40.7 Å². The van der Waals surface area contributed by atoms with Crippen LogP contribution in [0.1, 0.15) is 43.5 Å². The molecule has 1 unspecified atom stereocenters. The lowest BCUT2D eigenvalue weighted by Gasteiger charge is -2.33. The van der Waals surface area contributed by atoms with Gasteiger partial charge in [-0.2, -0.15) is 0 Å². The van der Waals surface area contributed by atoms with Crippen LogP contribution in [-0.2, 0) is 0 Å². The van der Waals surface area contributed by atoms with E-state index in [1.807, 2.05) is 0 Å². The predicted octanol–water partition coefficient (Wildman–Crippen LogP) is 3.28. The van der Waals surface area contributed by atoms with Crippen molar-refractivity contribution in [2.24, 2.45) is 11.1 Å². The average molecular weight is 248 g/mol. The summed E-state index contributed by atoms with van der Waals surface area (Å²) >= 11 is 0. The fourth-order valence-electron chi connectivity index (χ4n) is 2.60. The second kappa shape index (κ2) is 5.85. The average Bonchev–Trinajstić information content (AvgIpc) is 2.19. The number of hydrogen-bond donors (Lipinski definition) is 1. The van der Waals surface area contributed by atoms with Gasteiger partial charge in [-0.3, -0.25) is 4.90 Å². The Morgan fingerprint density at radius 1 is 1.22 bits per heavy atom. The van der Waals surface area contributed by atoms with Gasteiger partial charge in [0.05, 0.1) is 0 Å². The molecule has 2 nitrogen and oxygen atoms in total. The van der Waals surface area contributed by atoms with Crippen molar-refractivity contribution in [3.63, 3.8) is 0 Å². The molecule has 0 aliphatic heterocycles. The summed E-state index contributed by atoms with van der Waals surface area (Å²) in [6.07, 6.45) is 0. The third-order valence-electron chi connectivity index (χ3n) is 3.26. The minimum absolute atomic E-state index is 0.292. The quantitative estimate of drug-likeness (QED) is 0.886. The number of nitrogens with zero attached hydrogens (tertiary/aromatic N) is 1. The lowest BCUT2D eigenvalue weighted by molar-refractivity contribution is 0.175. The van der Waals surface area contributed by atoms with E-state index in [9.17, 15) is 0 Å². The Kier molecular flexibility index (Phi) is 4.94. The molecule has 2 N–H and O–H groups in total. The SMILES string of the molecule is Cc1ccc(C(CN)N(C)CC(C)(C)C)c(C)c1. The van der Waals surface area contributed by atoms with E-state index in [-0.39, 0.29) is 0 Å². The van der Waals surface area contributed by atoms with Crippen LogP contribution in [-0.4, -0.2) is 25.0 Å². The van der Waals surface area contributed by atoms with Gasteiger partial charge in [0.1, 0.15) is 0 Å². The molecule has 1 rings (SSSR count). The Morgan fingerprint density at radius 2 is 1.83 bits per heavy atom. The van der Waals surface area contributed by atoms with Gasteiger partial charge in [0.2, 0.25) is 0 Å². The first kappa shape index (κ1) is 15.2. The molecule has 0 bridgehead atoms. The molecule has 0 amide bonds. The Morgan fingerprint density at radius 3 is 2.28 bits per heavy atom. The largest absolute Gasteiger partial charge is 0.329 e. The van der Waals surface area contributed by atoms with Crippen LogP contribution in [0.15, 0.2) is 18.2 Å². The Hall–Kier alpha value is -0.860. The number of rotatable bonds is 4. The van der Waals surface area contributed by atoms with E-state index >= 15 is 0 Å². The van der Waals surface area contributed by atoms with Crippen LogP contribution >= 0.6 is 0 Å². The third-order valence-corrected chi connectivity index (χ3v) is 3.26. The highest BCUT2D eigenvalue weighted by Crippen LogP contribution is 2.26. The Labute approximate surface area is 112 Å². The molecule has 0 aliphatic carbocycles. The molecule has 102 valence electrons. The van der Waals surface area contributed by atoms with Gasteiger partial charge in [0.25, 0.3) is 0 Å². The molecular weight excluding hydrogens is 220 g/mol. The molecule has 0 saturated heterocycles. The first-order valence-corrected chi connectivity index (χ1v) is 6.72. The van der Waals surface area contributed by atoms with Crippen molar-refractivity contribution in [2.75, 3.05) is 20.1 Å². The minimum atomic E-state index is 0.292. The van der Waals surface area contributed by atoms with Gasteiger partial charge in [0.15, 0.2) is 0 Å². The smallest absolute Gasteiger partial charge is 0.0470 e. The van der Waals surface area contributed by atoms with Crippen molar-refractivity contribution in [1.82, 2.24) is 4.90 Å². The molecule has 2 heteroatoms. The summed E-state index contributed by atoms with van der Waals surface area (Å²) in [6, 6.07) is 6.95. The summed E-state index contributed by atoms with van der Waals surface area (Å²) in [7, 11) is 2.17. The maximum absolute atomic E-state index is 5.99. The first-order valence-electron chi connectivity index (χ1n) is 6.72. The van der Waals surface area contributed by atoms with Gasteiger partial charge < -0.3 is 5.73 Å². The molecule has 1 aromatic carbocycles. The van der Waals surface area contributed by atoms with Crippen molar-refractivity contribution in [3.8, 4) is 0 Å². The number of benzene rings is 1. The summed E-state index contributed by atoms with van der Waals surface area (Å²) in [4.78, 5) is 2.37. The molecule has 0 heterocycles. The molecule has 0 radical (unpaired) electrons. The minimum Gasteiger partial charge on any atom is -0.329 e. The number of nitrogens with two attached hydrogens (primary N) is 1. The second-order valence-corrected chi connectivity index (χ2v) is 6.59. The number of hydrogen-bond acceptors (Lipinski definition) is 2. The molecule has 1 aromatic rings. The van der Waals surface area contributed by atoms with Gasteiger partial charge in [-0.15, -0.1) is 0 Å². The molecule has 0 fully saturated rings. The van der Waals surface area contributed by atoms with Gasteiger partial charge >= 0.3 is 0 Å². The van der Waals surface area contributed by atoms with E-state index in [1.54, 1.807) is 0 Å². The molecule has 0 saturated carbocycles. The van der Waals surface area contributed by atoms with E-state index in [0.29, 0.717) is 18.0 Å². The Bertz CT molecular complexity index is 391. The topological polar surface area (TPSA) is 29.3 Å². The molecule has 0 spiro atoms. The lowest BCUT2D eigenvalue weighted by Crippen LogP contribution is -2.36. The van der Waals surface area contributed by atoms with Crippen molar-refractivity contribution < 1.29 is 0 Å². The summed E-state index contributed by atoms with van der Waals surface area (Å²) in [5.41, 5.74) is 10.3. The highest BCUT2D eigenvalue weighted by atomic mass is 15.1. The number of aryl methyl sites for hydroxylation is 2. The van der Waals surface area contributed by atoms with Crippen LogP contribution in [0.5, 0.6) is 0 Å². The lowest BCUT2D eigenvalue weighted by atomic mass is 9.93. The summed E-state index contributed by atoms with van der Waals surface area (Å²) in [5, 5.41) is 0. The van der Waals surface area contributed by atoms with Crippen LogP contribution in [0.4, 0.5) is 0 Å². The van der Waals surface area contributed by atoms with Gasteiger partial charge in [-0.1, -0.05) is 44.5 Å². The second-order valence-electron chi connectivity index (χ2n) is 6.59. The van der Waals surface area contributed by atoms with E-state index in [4.69, 9.17) is 5.73 Å². The highest BCUT2D eigenvalue weighted by Gasteiger charge is 2.21. The van der Waals surface area contributed by atoms with E-state index < -0.39 is 0 Å². The third kappa shape index (κ3) is 4.11. The van der Waals surface area contributed by atoms with Crippen LogP contribution < -0.4 is 5.73 Å². The van der Waals surface area contributed by atoms with Gasteiger partial charge in [0, 0.05) is 19.1 Å². The van der Waals surface area contributed by atoms with Crippen molar-refractivity contribution in [3.05, 3.63) is 34.9 Å². The zero-order chi connectivity index (χ0) is 13.9. The first-order chi connectivity index (χ1) is 8.24. The van der Waals surface area contributed by atoms with Crippen LogP contribution in [0.2, 0.25) is 0 Å². The molecule has 0 aromatic heterocycles. The van der Waals surface area contributed by atoms with Crippen LogP contribution in [0, 0.1) is 19.3 Å². The molecule has 1 atom stereocenters. The molecular formula is C16H28N2. The van der Waals surface area contributed by atoms with Crippen LogP contribution in [0.25, 0.3) is 0 Å². The summed E-state index contributed by atoms with van der Waals surface area (Å²) < 4.78 is 0. The monoisotopic (exact) mass is 248 g/mol. The van der Waals surface area contributed by atoms with Crippen molar-refractivity contribution >= 4 is 0 Å².